The lowest BCUT2D eigenvalue weighted by molar-refractivity contribution is 0.598. The van der Waals surface area contributed by atoms with Crippen molar-refractivity contribution in [3.05, 3.63) is 41.7 Å². The van der Waals surface area contributed by atoms with Crippen LogP contribution in [0.15, 0.2) is 30.5 Å². The molecule has 0 amide bonds. The van der Waals surface area contributed by atoms with Crippen LogP contribution in [0.4, 0.5) is 5.69 Å². The second-order valence-corrected chi connectivity index (χ2v) is 4.21. The summed E-state index contributed by atoms with van der Waals surface area (Å²) in [4.78, 5) is 0. The van der Waals surface area contributed by atoms with Crippen molar-refractivity contribution >= 4 is 5.69 Å². The van der Waals surface area contributed by atoms with Crippen molar-refractivity contribution in [1.82, 2.24) is 15.0 Å². The summed E-state index contributed by atoms with van der Waals surface area (Å²) in [6, 6.07) is 7.84. The van der Waals surface area contributed by atoms with Gasteiger partial charge in [0.15, 0.2) is 0 Å². The Kier molecular flexibility index (Phi) is 2.90. The summed E-state index contributed by atoms with van der Waals surface area (Å²) in [5.74, 6) is 0.434. The van der Waals surface area contributed by atoms with Crippen molar-refractivity contribution in [2.45, 2.75) is 26.3 Å². The van der Waals surface area contributed by atoms with Crippen LogP contribution < -0.4 is 5.73 Å². The van der Waals surface area contributed by atoms with E-state index in [0.29, 0.717) is 5.92 Å². The Balaban J connectivity index is 2.20. The van der Waals surface area contributed by atoms with E-state index in [0.717, 1.165) is 17.9 Å². The number of nitrogens with two attached hydrogens (primary N) is 1. The molecule has 2 rings (SSSR count). The molecule has 4 nitrogen and oxygen atoms in total. The van der Waals surface area contributed by atoms with Crippen LogP contribution in [0.2, 0.25) is 0 Å². The van der Waals surface area contributed by atoms with Gasteiger partial charge in [0.25, 0.3) is 0 Å². The van der Waals surface area contributed by atoms with E-state index in [-0.39, 0.29) is 0 Å². The summed E-state index contributed by atoms with van der Waals surface area (Å²) < 4.78 is 1.93. The fourth-order valence-corrected chi connectivity index (χ4v) is 1.63. The molecular formula is C12H16N4. The van der Waals surface area contributed by atoms with E-state index in [1.54, 1.807) is 0 Å². The van der Waals surface area contributed by atoms with E-state index in [1.165, 1.54) is 5.56 Å². The Morgan fingerprint density at radius 3 is 2.56 bits per heavy atom. The van der Waals surface area contributed by atoms with Gasteiger partial charge in [0, 0.05) is 5.69 Å². The van der Waals surface area contributed by atoms with Gasteiger partial charge in [-0.3, -0.25) is 0 Å². The maximum absolute atomic E-state index is 5.64. The van der Waals surface area contributed by atoms with Crippen LogP contribution in [0, 0.1) is 0 Å². The molecule has 0 saturated carbocycles. The van der Waals surface area contributed by atoms with Crippen molar-refractivity contribution in [3.8, 4) is 0 Å². The lowest BCUT2D eigenvalue weighted by Crippen LogP contribution is -2.07. The first kappa shape index (κ1) is 10.7. The first-order valence-corrected chi connectivity index (χ1v) is 5.39. The number of hydrogen-bond acceptors (Lipinski definition) is 3. The van der Waals surface area contributed by atoms with Gasteiger partial charge in [-0.2, -0.15) is 0 Å². The molecule has 16 heavy (non-hydrogen) atoms. The third kappa shape index (κ3) is 2.21. The molecule has 4 heteroatoms. The van der Waals surface area contributed by atoms with Crippen LogP contribution in [0.25, 0.3) is 0 Å². The van der Waals surface area contributed by atoms with Crippen molar-refractivity contribution < 1.29 is 0 Å². The number of hydrogen-bond donors (Lipinski definition) is 1. The third-order valence-electron chi connectivity index (χ3n) is 2.55. The Morgan fingerprint density at radius 2 is 1.94 bits per heavy atom. The quantitative estimate of drug-likeness (QED) is 0.799. The van der Waals surface area contributed by atoms with Crippen LogP contribution in [0.1, 0.15) is 31.0 Å². The van der Waals surface area contributed by atoms with Gasteiger partial charge in [-0.05, 0) is 23.6 Å². The summed E-state index contributed by atoms with van der Waals surface area (Å²) in [6.45, 7) is 5.02. The van der Waals surface area contributed by atoms with E-state index < -0.39 is 0 Å². The second-order valence-electron chi connectivity index (χ2n) is 4.21. The number of anilines is 1. The molecule has 0 aliphatic heterocycles. The zero-order chi connectivity index (χ0) is 11.5. The molecule has 0 spiro atoms. The minimum absolute atomic E-state index is 0.434. The molecule has 0 bridgehead atoms. The van der Waals surface area contributed by atoms with Crippen molar-refractivity contribution in [2.24, 2.45) is 0 Å². The molecule has 1 heterocycles. The molecular weight excluding hydrogens is 200 g/mol. The van der Waals surface area contributed by atoms with Crippen LogP contribution in [-0.4, -0.2) is 15.0 Å². The molecule has 0 aliphatic carbocycles. The summed E-state index contributed by atoms with van der Waals surface area (Å²) in [7, 11) is 0. The van der Waals surface area contributed by atoms with Gasteiger partial charge in [0.1, 0.15) is 0 Å². The molecule has 0 fully saturated rings. The van der Waals surface area contributed by atoms with Crippen molar-refractivity contribution in [1.29, 1.82) is 0 Å². The molecule has 0 atom stereocenters. The number of rotatable bonds is 3. The first-order chi connectivity index (χ1) is 7.66. The summed E-state index contributed by atoms with van der Waals surface area (Å²) in [5.41, 5.74) is 8.76. The lowest BCUT2D eigenvalue weighted by atomic mass is 10.1. The topological polar surface area (TPSA) is 56.7 Å². The largest absolute Gasteiger partial charge is 0.399 e. The Bertz CT molecular complexity index is 456. The second kappa shape index (κ2) is 4.35. The average Bonchev–Trinajstić information content (AvgIpc) is 2.69. The van der Waals surface area contributed by atoms with Gasteiger partial charge in [0.05, 0.1) is 18.4 Å². The fraction of sp³-hybridized carbons (Fsp3) is 0.333. The van der Waals surface area contributed by atoms with Crippen LogP contribution in [0.5, 0.6) is 0 Å². The molecule has 0 unspecified atom stereocenters. The first-order valence-electron chi connectivity index (χ1n) is 5.39. The predicted octanol–water partition coefficient (Wildman–Crippen LogP) is 2.03. The highest BCUT2D eigenvalue weighted by atomic mass is 15.4. The Morgan fingerprint density at radius 1 is 1.25 bits per heavy atom. The Labute approximate surface area is 95.1 Å². The zero-order valence-corrected chi connectivity index (χ0v) is 9.59. The minimum Gasteiger partial charge on any atom is -0.399 e. The molecule has 0 aliphatic rings. The SMILES string of the molecule is CC(C)c1cnnn1Cc1ccc(N)cc1. The molecule has 2 aromatic rings. The van der Waals surface area contributed by atoms with Crippen LogP contribution in [0.3, 0.4) is 0 Å². The average molecular weight is 216 g/mol. The monoisotopic (exact) mass is 216 g/mol. The van der Waals surface area contributed by atoms with Crippen molar-refractivity contribution in [2.75, 3.05) is 5.73 Å². The summed E-state index contributed by atoms with van der Waals surface area (Å²) in [5, 5.41) is 8.04. The maximum Gasteiger partial charge on any atom is 0.0727 e. The molecule has 0 radical (unpaired) electrons. The van der Waals surface area contributed by atoms with Gasteiger partial charge in [0.2, 0.25) is 0 Å². The fourth-order valence-electron chi connectivity index (χ4n) is 1.63. The van der Waals surface area contributed by atoms with Crippen molar-refractivity contribution in [3.63, 3.8) is 0 Å². The number of benzene rings is 1. The third-order valence-corrected chi connectivity index (χ3v) is 2.55. The number of nitrogens with zero attached hydrogens (tertiary/aromatic N) is 3. The highest BCUT2D eigenvalue weighted by Crippen LogP contribution is 2.14. The summed E-state index contributed by atoms with van der Waals surface area (Å²) >= 11 is 0. The standard InChI is InChI=1S/C12H16N4/c1-9(2)12-7-14-15-16(12)8-10-3-5-11(13)6-4-10/h3-7,9H,8,13H2,1-2H3. The zero-order valence-electron chi connectivity index (χ0n) is 9.59. The van der Waals surface area contributed by atoms with Gasteiger partial charge in [-0.15, -0.1) is 5.10 Å². The van der Waals surface area contributed by atoms with Gasteiger partial charge in [-0.25, -0.2) is 4.68 Å². The smallest absolute Gasteiger partial charge is 0.0727 e. The van der Waals surface area contributed by atoms with E-state index >= 15 is 0 Å². The number of aromatic nitrogens is 3. The lowest BCUT2D eigenvalue weighted by Gasteiger charge is -2.08. The highest BCUT2D eigenvalue weighted by Gasteiger charge is 2.07. The Hall–Kier alpha value is -1.84. The van der Waals surface area contributed by atoms with Gasteiger partial charge in [-0.1, -0.05) is 31.2 Å². The van der Waals surface area contributed by atoms with E-state index in [1.807, 2.05) is 35.1 Å². The predicted molar refractivity (Wildman–Crippen MR) is 64.1 cm³/mol. The highest BCUT2D eigenvalue weighted by molar-refractivity contribution is 5.39. The molecule has 2 N–H and O–H groups in total. The normalized spacial score (nSPS) is 10.9. The van der Waals surface area contributed by atoms with E-state index in [9.17, 15) is 0 Å². The molecule has 1 aromatic carbocycles. The molecule has 84 valence electrons. The summed E-state index contributed by atoms with van der Waals surface area (Å²) in [6.07, 6.45) is 1.82. The minimum atomic E-state index is 0.434. The van der Waals surface area contributed by atoms with Gasteiger partial charge < -0.3 is 5.73 Å². The maximum atomic E-state index is 5.64. The number of nitrogen functional groups attached to an aromatic ring is 1. The van der Waals surface area contributed by atoms with E-state index in [4.69, 9.17) is 5.73 Å². The molecule has 0 saturated heterocycles. The van der Waals surface area contributed by atoms with Crippen LogP contribution in [-0.2, 0) is 6.54 Å². The molecule has 1 aromatic heterocycles. The van der Waals surface area contributed by atoms with E-state index in [2.05, 4.69) is 24.2 Å². The van der Waals surface area contributed by atoms with Gasteiger partial charge >= 0.3 is 0 Å². The van der Waals surface area contributed by atoms with Crippen LogP contribution >= 0.6 is 0 Å².